The molecule has 2 aliphatic heterocycles. The quantitative estimate of drug-likeness (QED) is 0.436. The number of nitrogens with zero attached hydrogens (tertiary/aromatic N) is 3. The molecule has 1 N–H and O–H groups in total. The van der Waals surface area contributed by atoms with Crippen LogP contribution in [0.15, 0.2) is 24.4 Å². The van der Waals surface area contributed by atoms with Gasteiger partial charge in [0, 0.05) is 38.6 Å². The van der Waals surface area contributed by atoms with E-state index >= 15 is 0 Å². The number of anilines is 1. The Morgan fingerprint density at radius 1 is 1.19 bits per heavy atom. The van der Waals surface area contributed by atoms with Crippen molar-refractivity contribution in [1.29, 1.82) is 0 Å². The highest BCUT2D eigenvalue weighted by Gasteiger charge is 2.38. The lowest BCUT2D eigenvalue weighted by Crippen LogP contribution is -2.41. The molecule has 2 aromatic rings. The maximum Gasteiger partial charge on any atom is 0.253 e. The highest BCUT2D eigenvalue weighted by molar-refractivity contribution is 6.74. The molecule has 0 radical (unpaired) electrons. The average molecular weight is 527 g/mol. The molecular formula is C28H42N4O4Si. The van der Waals surface area contributed by atoms with Gasteiger partial charge in [-0.25, -0.2) is 9.97 Å². The standard InChI is InChI=1S/C28H42N4O4Si/c1-8-34-24-10-9-21(18-29-24)36-20-11-14-32(15-12-20)26-19(2)17-22-25(31-26)23(30-27(22)33)13-16-35-37(6,7)28(3,4)5/h9-10,17-18,20,23H,8,11-16H2,1-7H3,(H,30,33). The molecule has 1 fully saturated rings. The zero-order valence-electron chi connectivity index (χ0n) is 23.4. The maximum absolute atomic E-state index is 12.7. The maximum atomic E-state index is 12.7. The molecule has 1 amide bonds. The Morgan fingerprint density at radius 3 is 2.54 bits per heavy atom. The van der Waals surface area contributed by atoms with Crippen LogP contribution in [0.25, 0.3) is 0 Å². The van der Waals surface area contributed by atoms with Crippen molar-refractivity contribution in [3.05, 3.63) is 41.2 Å². The molecule has 0 aromatic carbocycles. The number of hydrogen-bond acceptors (Lipinski definition) is 7. The van der Waals surface area contributed by atoms with E-state index < -0.39 is 8.32 Å². The minimum atomic E-state index is -1.84. The van der Waals surface area contributed by atoms with E-state index in [-0.39, 0.29) is 23.1 Å². The van der Waals surface area contributed by atoms with E-state index in [1.54, 1.807) is 6.20 Å². The predicted octanol–water partition coefficient (Wildman–Crippen LogP) is 5.43. The third-order valence-corrected chi connectivity index (χ3v) is 12.4. The van der Waals surface area contributed by atoms with Crippen LogP contribution in [0.2, 0.25) is 18.1 Å². The third-order valence-electron chi connectivity index (χ3n) is 7.82. The second kappa shape index (κ2) is 11.0. The summed E-state index contributed by atoms with van der Waals surface area (Å²) in [7, 11) is -1.84. The Kier molecular flexibility index (Phi) is 8.13. The number of carbonyl (C=O) groups excluding carboxylic acids is 1. The Balaban J connectivity index is 1.38. The first-order chi connectivity index (χ1) is 17.5. The molecule has 202 valence electrons. The van der Waals surface area contributed by atoms with Gasteiger partial charge in [0.2, 0.25) is 5.88 Å². The van der Waals surface area contributed by atoms with Crippen LogP contribution in [0, 0.1) is 6.92 Å². The third kappa shape index (κ3) is 6.26. The second-order valence-electron chi connectivity index (χ2n) is 11.6. The number of fused-ring (bicyclic) bond motifs is 1. The molecule has 2 aliphatic rings. The van der Waals surface area contributed by atoms with Gasteiger partial charge in [-0.1, -0.05) is 20.8 Å². The van der Waals surface area contributed by atoms with Gasteiger partial charge in [-0.05, 0) is 56.1 Å². The first-order valence-electron chi connectivity index (χ1n) is 13.5. The van der Waals surface area contributed by atoms with Gasteiger partial charge in [0.15, 0.2) is 8.32 Å². The van der Waals surface area contributed by atoms with Gasteiger partial charge >= 0.3 is 0 Å². The summed E-state index contributed by atoms with van der Waals surface area (Å²) in [6.07, 6.45) is 4.38. The van der Waals surface area contributed by atoms with Crippen molar-refractivity contribution in [2.24, 2.45) is 0 Å². The summed E-state index contributed by atoms with van der Waals surface area (Å²) in [6.45, 7) is 18.1. The normalized spacial score (nSPS) is 18.5. The molecule has 8 nitrogen and oxygen atoms in total. The topological polar surface area (TPSA) is 85.8 Å². The van der Waals surface area contributed by atoms with Crippen molar-refractivity contribution in [3.8, 4) is 11.6 Å². The van der Waals surface area contributed by atoms with Crippen molar-refractivity contribution in [2.75, 3.05) is 31.2 Å². The number of piperidine rings is 1. The minimum Gasteiger partial charge on any atom is -0.489 e. The molecule has 9 heteroatoms. The largest absolute Gasteiger partial charge is 0.489 e. The van der Waals surface area contributed by atoms with Gasteiger partial charge in [-0.3, -0.25) is 4.79 Å². The van der Waals surface area contributed by atoms with Crippen LogP contribution < -0.4 is 19.7 Å². The van der Waals surface area contributed by atoms with E-state index in [0.717, 1.165) is 55.2 Å². The van der Waals surface area contributed by atoms with Crippen LogP contribution >= 0.6 is 0 Å². The zero-order valence-corrected chi connectivity index (χ0v) is 24.4. The van der Waals surface area contributed by atoms with E-state index in [2.05, 4.69) is 49.1 Å². The summed E-state index contributed by atoms with van der Waals surface area (Å²) in [5.41, 5.74) is 2.57. The number of ether oxygens (including phenoxy) is 2. The van der Waals surface area contributed by atoms with Crippen molar-refractivity contribution in [1.82, 2.24) is 15.3 Å². The predicted molar refractivity (Wildman–Crippen MR) is 148 cm³/mol. The average Bonchev–Trinajstić information content (AvgIpc) is 3.14. The molecule has 37 heavy (non-hydrogen) atoms. The summed E-state index contributed by atoms with van der Waals surface area (Å²) in [6, 6.07) is 5.64. The number of aryl methyl sites for hydroxylation is 1. The molecule has 2 aromatic heterocycles. The molecule has 0 bridgehead atoms. The Morgan fingerprint density at radius 2 is 1.92 bits per heavy atom. The fourth-order valence-electron chi connectivity index (χ4n) is 4.59. The van der Waals surface area contributed by atoms with E-state index in [0.29, 0.717) is 24.7 Å². The summed E-state index contributed by atoms with van der Waals surface area (Å²) in [4.78, 5) is 24.3. The van der Waals surface area contributed by atoms with Crippen LogP contribution in [0.4, 0.5) is 5.82 Å². The van der Waals surface area contributed by atoms with E-state index in [9.17, 15) is 4.79 Å². The van der Waals surface area contributed by atoms with Crippen molar-refractivity contribution in [3.63, 3.8) is 0 Å². The molecule has 1 unspecified atom stereocenters. The van der Waals surface area contributed by atoms with Crippen LogP contribution in [-0.4, -0.2) is 56.6 Å². The number of amides is 1. The Hall–Kier alpha value is -2.65. The molecule has 1 saturated heterocycles. The highest BCUT2D eigenvalue weighted by Crippen LogP contribution is 2.37. The molecule has 4 heterocycles. The first-order valence-corrected chi connectivity index (χ1v) is 16.4. The number of carbonyl (C=O) groups is 1. The SMILES string of the molecule is CCOc1ccc(OC2CCN(c3nc4c(cc3C)C(=O)NC4CCO[Si](C)(C)C(C)(C)C)CC2)cn1. The number of aromatic nitrogens is 2. The number of rotatable bonds is 9. The van der Waals surface area contributed by atoms with Crippen LogP contribution in [-0.2, 0) is 4.43 Å². The molecule has 1 atom stereocenters. The van der Waals surface area contributed by atoms with Crippen molar-refractivity contribution >= 4 is 20.0 Å². The summed E-state index contributed by atoms with van der Waals surface area (Å²) >= 11 is 0. The zero-order chi connectivity index (χ0) is 26.8. The summed E-state index contributed by atoms with van der Waals surface area (Å²) in [5, 5.41) is 3.29. The number of pyridine rings is 2. The Labute approximate surface area is 222 Å². The lowest BCUT2D eigenvalue weighted by atomic mass is 10.0. The van der Waals surface area contributed by atoms with E-state index in [1.165, 1.54) is 0 Å². The van der Waals surface area contributed by atoms with Crippen molar-refractivity contribution in [2.45, 2.75) is 84.2 Å². The highest BCUT2D eigenvalue weighted by atomic mass is 28.4. The molecular weight excluding hydrogens is 484 g/mol. The molecule has 0 aliphatic carbocycles. The van der Waals surface area contributed by atoms with Gasteiger partial charge in [0.05, 0.1) is 30.1 Å². The molecule has 4 rings (SSSR count). The van der Waals surface area contributed by atoms with E-state index in [1.807, 2.05) is 32.0 Å². The number of hydrogen-bond donors (Lipinski definition) is 1. The lowest BCUT2D eigenvalue weighted by molar-refractivity contribution is 0.0952. The minimum absolute atomic E-state index is 0.0365. The van der Waals surface area contributed by atoms with Crippen LogP contribution in [0.3, 0.4) is 0 Å². The monoisotopic (exact) mass is 526 g/mol. The summed E-state index contributed by atoms with van der Waals surface area (Å²) in [5.74, 6) is 2.30. The van der Waals surface area contributed by atoms with Crippen LogP contribution in [0.1, 0.15) is 74.6 Å². The van der Waals surface area contributed by atoms with E-state index in [4.69, 9.17) is 18.9 Å². The van der Waals surface area contributed by atoms with Gasteiger partial charge < -0.3 is 24.1 Å². The van der Waals surface area contributed by atoms with Gasteiger partial charge in [-0.2, -0.15) is 0 Å². The lowest BCUT2D eigenvalue weighted by Gasteiger charge is -2.36. The van der Waals surface area contributed by atoms with Crippen molar-refractivity contribution < 1.29 is 18.7 Å². The first kappa shape index (κ1) is 27.4. The van der Waals surface area contributed by atoms with Gasteiger partial charge in [-0.15, -0.1) is 0 Å². The Bertz CT molecular complexity index is 1090. The van der Waals surface area contributed by atoms with Crippen LogP contribution in [0.5, 0.6) is 11.6 Å². The summed E-state index contributed by atoms with van der Waals surface area (Å²) < 4.78 is 18.0. The van der Waals surface area contributed by atoms with Gasteiger partial charge in [0.1, 0.15) is 17.7 Å². The smallest absolute Gasteiger partial charge is 0.253 e. The molecule has 0 spiro atoms. The molecule has 0 saturated carbocycles. The fourth-order valence-corrected chi connectivity index (χ4v) is 5.66. The van der Waals surface area contributed by atoms with Gasteiger partial charge in [0.25, 0.3) is 5.91 Å². The fraction of sp³-hybridized carbons (Fsp3) is 0.607. The number of nitrogens with one attached hydrogen (secondary N) is 1. The second-order valence-corrected chi connectivity index (χ2v) is 16.4.